The summed E-state index contributed by atoms with van der Waals surface area (Å²) in [6, 6.07) is 0. The van der Waals surface area contributed by atoms with Crippen molar-refractivity contribution >= 4 is 28.3 Å². The van der Waals surface area contributed by atoms with Crippen molar-refractivity contribution < 1.29 is 9.32 Å². The first-order chi connectivity index (χ1) is 7.99. The Morgan fingerprint density at radius 1 is 1.35 bits per heavy atom. The summed E-state index contributed by atoms with van der Waals surface area (Å²) in [6.45, 7) is 5.38. The first kappa shape index (κ1) is 11.6. The van der Waals surface area contributed by atoms with Crippen LogP contribution in [-0.2, 0) is 0 Å². The number of anilines is 2. The Kier molecular flexibility index (Phi) is 2.84. The van der Waals surface area contributed by atoms with Crippen LogP contribution in [-0.4, -0.2) is 16.0 Å². The average molecular weight is 252 g/mol. The lowest BCUT2D eigenvalue weighted by molar-refractivity contribution is 0.102. The summed E-state index contributed by atoms with van der Waals surface area (Å²) in [7, 11) is 0. The van der Waals surface area contributed by atoms with Gasteiger partial charge in [0.05, 0.1) is 11.4 Å². The van der Waals surface area contributed by atoms with E-state index in [1.165, 1.54) is 0 Å². The van der Waals surface area contributed by atoms with Gasteiger partial charge in [0.1, 0.15) is 4.88 Å². The molecule has 0 aliphatic carbocycles. The number of hydrogen-bond donors (Lipinski definition) is 2. The van der Waals surface area contributed by atoms with Gasteiger partial charge >= 0.3 is 0 Å². The number of nitrogens with zero attached hydrogens (tertiary/aromatic N) is 2. The number of nitrogens with two attached hydrogens (primary N) is 1. The van der Waals surface area contributed by atoms with E-state index in [-0.39, 0.29) is 5.91 Å². The van der Waals surface area contributed by atoms with E-state index >= 15 is 0 Å². The molecule has 0 atom stereocenters. The summed E-state index contributed by atoms with van der Waals surface area (Å²) in [5.41, 5.74) is 7.71. The van der Waals surface area contributed by atoms with Crippen molar-refractivity contribution in [1.29, 1.82) is 0 Å². The summed E-state index contributed by atoms with van der Waals surface area (Å²) in [5.74, 6) is 0.0785. The molecular weight excluding hydrogens is 240 g/mol. The lowest BCUT2D eigenvalue weighted by Gasteiger charge is -1.99. The first-order valence-electron chi connectivity index (χ1n) is 4.96. The summed E-state index contributed by atoms with van der Waals surface area (Å²) >= 11 is 1.15. The molecule has 2 aromatic heterocycles. The van der Waals surface area contributed by atoms with Crippen molar-refractivity contribution in [3.63, 3.8) is 0 Å². The fourth-order valence-corrected chi connectivity index (χ4v) is 2.05. The predicted octanol–water partition coefficient (Wildman–Crippen LogP) is 1.89. The fraction of sp³-hybridized carbons (Fsp3) is 0.300. The van der Waals surface area contributed by atoms with E-state index in [0.29, 0.717) is 21.6 Å². The zero-order chi connectivity index (χ0) is 12.6. The van der Waals surface area contributed by atoms with Gasteiger partial charge in [-0.05, 0) is 20.8 Å². The number of nitrogen functional groups attached to an aromatic ring is 1. The van der Waals surface area contributed by atoms with Gasteiger partial charge < -0.3 is 10.3 Å². The molecule has 0 unspecified atom stereocenters. The van der Waals surface area contributed by atoms with Crippen molar-refractivity contribution in [3.05, 3.63) is 21.8 Å². The highest BCUT2D eigenvalue weighted by Crippen LogP contribution is 2.23. The van der Waals surface area contributed by atoms with Crippen LogP contribution in [0.15, 0.2) is 4.52 Å². The molecule has 1 amide bonds. The molecule has 3 N–H and O–H groups in total. The molecule has 0 aromatic carbocycles. The zero-order valence-corrected chi connectivity index (χ0v) is 10.5. The second-order valence-electron chi connectivity index (χ2n) is 3.64. The highest BCUT2D eigenvalue weighted by molar-refractivity contribution is 7.17. The normalized spacial score (nSPS) is 10.5. The molecule has 2 heterocycles. The van der Waals surface area contributed by atoms with Crippen LogP contribution in [0.25, 0.3) is 0 Å². The molecule has 0 spiro atoms. The molecule has 0 saturated carbocycles. The molecule has 0 radical (unpaired) electrons. The summed E-state index contributed by atoms with van der Waals surface area (Å²) in [6.07, 6.45) is 0. The largest absolute Gasteiger partial charge is 0.375 e. The van der Waals surface area contributed by atoms with Gasteiger partial charge in [-0.15, -0.1) is 0 Å². The Balaban J connectivity index is 2.23. The Bertz CT molecular complexity index is 573. The standard InChI is InChI=1S/C10H12N4O2S/c1-4-5(2)14-16-9(4)13-8(15)7-6(3)12-10(11)17-7/h1-3H3,(H2,11,12)(H,13,15). The van der Waals surface area contributed by atoms with Gasteiger partial charge in [0.15, 0.2) is 5.13 Å². The molecule has 2 rings (SSSR count). The fourth-order valence-electron chi connectivity index (χ4n) is 1.32. The first-order valence-corrected chi connectivity index (χ1v) is 5.78. The molecule has 2 aromatic rings. The van der Waals surface area contributed by atoms with E-state index in [1.54, 1.807) is 6.92 Å². The monoisotopic (exact) mass is 252 g/mol. The van der Waals surface area contributed by atoms with Crippen LogP contribution < -0.4 is 11.1 Å². The van der Waals surface area contributed by atoms with Gasteiger partial charge in [-0.1, -0.05) is 16.5 Å². The van der Waals surface area contributed by atoms with E-state index in [2.05, 4.69) is 15.5 Å². The number of carbonyl (C=O) groups is 1. The van der Waals surface area contributed by atoms with Gasteiger partial charge in [0.25, 0.3) is 5.91 Å². The van der Waals surface area contributed by atoms with Gasteiger partial charge in [-0.25, -0.2) is 4.98 Å². The van der Waals surface area contributed by atoms with Gasteiger partial charge in [-0.2, -0.15) is 0 Å². The van der Waals surface area contributed by atoms with Crippen molar-refractivity contribution in [3.8, 4) is 0 Å². The van der Waals surface area contributed by atoms with Gasteiger partial charge in [0.2, 0.25) is 5.88 Å². The Hall–Kier alpha value is -1.89. The quantitative estimate of drug-likeness (QED) is 0.851. The van der Waals surface area contributed by atoms with Crippen LogP contribution in [0.5, 0.6) is 0 Å². The third kappa shape index (κ3) is 2.14. The van der Waals surface area contributed by atoms with E-state index in [4.69, 9.17) is 10.3 Å². The predicted molar refractivity (Wildman–Crippen MR) is 65.2 cm³/mol. The molecule has 90 valence electrons. The van der Waals surface area contributed by atoms with E-state index in [9.17, 15) is 4.79 Å². The number of thiazole rings is 1. The van der Waals surface area contributed by atoms with Gasteiger partial charge in [-0.3, -0.25) is 10.1 Å². The molecule has 0 aliphatic rings. The van der Waals surface area contributed by atoms with E-state index in [1.807, 2.05) is 13.8 Å². The van der Waals surface area contributed by atoms with Gasteiger partial charge in [0, 0.05) is 5.56 Å². The van der Waals surface area contributed by atoms with Crippen LogP contribution in [0.3, 0.4) is 0 Å². The lowest BCUT2D eigenvalue weighted by atomic mass is 10.3. The third-order valence-electron chi connectivity index (χ3n) is 2.40. The molecule has 6 nitrogen and oxygen atoms in total. The van der Waals surface area contributed by atoms with Crippen molar-refractivity contribution in [2.75, 3.05) is 11.1 Å². The molecule has 7 heteroatoms. The summed E-state index contributed by atoms with van der Waals surface area (Å²) in [4.78, 5) is 16.4. The van der Waals surface area contributed by atoms with Crippen LogP contribution in [0, 0.1) is 20.8 Å². The number of nitrogens with one attached hydrogen (secondary N) is 1. The van der Waals surface area contributed by atoms with Crippen LogP contribution in [0.4, 0.5) is 11.0 Å². The third-order valence-corrected chi connectivity index (χ3v) is 3.39. The number of rotatable bonds is 2. The smallest absolute Gasteiger partial charge is 0.270 e. The summed E-state index contributed by atoms with van der Waals surface area (Å²) < 4.78 is 5.00. The lowest BCUT2D eigenvalue weighted by Crippen LogP contribution is -2.11. The van der Waals surface area contributed by atoms with Crippen LogP contribution in [0.1, 0.15) is 26.6 Å². The minimum atomic E-state index is -0.282. The zero-order valence-electron chi connectivity index (χ0n) is 9.70. The topological polar surface area (TPSA) is 94.0 Å². The maximum atomic E-state index is 11.9. The highest BCUT2D eigenvalue weighted by Gasteiger charge is 2.17. The minimum Gasteiger partial charge on any atom is -0.375 e. The Labute approximate surface area is 102 Å². The van der Waals surface area contributed by atoms with Crippen molar-refractivity contribution in [1.82, 2.24) is 10.1 Å². The molecule has 0 saturated heterocycles. The molecule has 0 aliphatic heterocycles. The van der Waals surface area contributed by atoms with E-state index in [0.717, 1.165) is 22.6 Å². The molecule has 17 heavy (non-hydrogen) atoms. The second-order valence-corrected chi connectivity index (χ2v) is 4.67. The Morgan fingerprint density at radius 2 is 2.06 bits per heavy atom. The van der Waals surface area contributed by atoms with Crippen LogP contribution >= 0.6 is 11.3 Å². The maximum Gasteiger partial charge on any atom is 0.270 e. The minimum absolute atomic E-state index is 0.282. The SMILES string of the molecule is Cc1nc(N)sc1C(=O)Nc1onc(C)c1C. The van der Waals surface area contributed by atoms with E-state index < -0.39 is 0 Å². The number of amides is 1. The molecule has 0 fully saturated rings. The average Bonchev–Trinajstić information content (AvgIpc) is 2.75. The number of carbonyl (C=O) groups excluding carboxylic acids is 1. The number of aryl methyl sites for hydroxylation is 2. The summed E-state index contributed by atoms with van der Waals surface area (Å²) in [5, 5.41) is 6.79. The molecule has 0 bridgehead atoms. The van der Waals surface area contributed by atoms with Crippen molar-refractivity contribution in [2.24, 2.45) is 0 Å². The number of hydrogen-bond acceptors (Lipinski definition) is 6. The second kappa shape index (κ2) is 4.17. The maximum absolute atomic E-state index is 11.9. The molecular formula is C10H12N4O2S. The van der Waals surface area contributed by atoms with Crippen molar-refractivity contribution in [2.45, 2.75) is 20.8 Å². The van der Waals surface area contributed by atoms with Crippen LogP contribution in [0.2, 0.25) is 0 Å². The number of aromatic nitrogens is 2. The Morgan fingerprint density at radius 3 is 2.53 bits per heavy atom. The highest BCUT2D eigenvalue weighted by atomic mass is 32.1.